The van der Waals surface area contributed by atoms with E-state index in [4.69, 9.17) is 4.42 Å². The van der Waals surface area contributed by atoms with E-state index in [1.807, 2.05) is 30.3 Å². The van der Waals surface area contributed by atoms with Gasteiger partial charge in [0.05, 0.1) is 12.2 Å². The molecule has 0 fully saturated rings. The fourth-order valence-corrected chi connectivity index (χ4v) is 2.79. The molecule has 0 saturated carbocycles. The Labute approximate surface area is 186 Å². The number of unbranched alkanes of at least 4 members (excludes halogenated alkanes) is 4. The predicted octanol–water partition coefficient (Wildman–Crippen LogP) is 4.14. The van der Waals surface area contributed by atoms with E-state index in [1.54, 1.807) is 13.3 Å². The van der Waals surface area contributed by atoms with E-state index in [2.05, 4.69) is 39.6 Å². The maximum absolute atomic E-state index is 5.56. The first-order valence-corrected chi connectivity index (χ1v) is 9.78. The topological polar surface area (TPSA) is 65.7 Å². The predicted molar refractivity (Wildman–Crippen MR) is 127 cm³/mol. The summed E-state index contributed by atoms with van der Waals surface area (Å²) in [5, 5.41) is 6.64. The van der Waals surface area contributed by atoms with Crippen molar-refractivity contribution in [2.45, 2.75) is 38.6 Å². The van der Waals surface area contributed by atoms with E-state index < -0.39 is 0 Å². The summed E-state index contributed by atoms with van der Waals surface area (Å²) in [7, 11) is 6.04. The largest absolute Gasteiger partial charge is 0.444 e. The third-order valence-corrected chi connectivity index (χ3v) is 4.31. The summed E-state index contributed by atoms with van der Waals surface area (Å²) in [4.78, 5) is 11.0. The van der Waals surface area contributed by atoms with Crippen LogP contribution in [-0.4, -0.2) is 50.1 Å². The number of nitrogens with one attached hydrogen (secondary N) is 2. The Morgan fingerprint density at radius 3 is 2.46 bits per heavy atom. The number of hydrogen-bond acceptors (Lipinski definition) is 4. The van der Waals surface area contributed by atoms with Crippen LogP contribution >= 0.6 is 24.0 Å². The van der Waals surface area contributed by atoms with Gasteiger partial charge in [0.2, 0.25) is 5.89 Å². The van der Waals surface area contributed by atoms with Crippen LogP contribution in [-0.2, 0) is 6.54 Å². The second-order valence-corrected chi connectivity index (χ2v) is 6.93. The molecule has 0 aliphatic rings. The standard InChI is InChI=1S/C21H33N5O.HI/c1-22-21(23-14-10-5-4-6-11-15-26(2)3)24-16-19-17-27-20(25-19)18-12-8-7-9-13-18;/h7-9,12-13,17H,4-6,10-11,14-16H2,1-3H3,(H2,22,23,24);1H. The monoisotopic (exact) mass is 499 g/mol. The van der Waals surface area contributed by atoms with Crippen molar-refractivity contribution in [1.29, 1.82) is 0 Å². The Morgan fingerprint density at radius 1 is 1.04 bits per heavy atom. The highest BCUT2D eigenvalue weighted by Gasteiger charge is 2.06. The number of benzene rings is 1. The molecule has 2 aromatic rings. The van der Waals surface area contributed by atoms with Crippen molar-refractivity contribution < 1.29 is 4.42 Å². The van der Waals surface area contributed by atoms with Crippen molar-refractivity contribution in [2.75, 3.05) is 34.2 Å². The van der Waals surface area contributed by atoms with Gasteiger partial charge in [0.25, 0.3) is 0 Å². The van der Waals surface area contributed by atoms with Crippen LogP contribution in [0.2, 0.25) is 0 Å². The highest BCUT2D eigenvalue weighted by molar-refractivity contribution is 14.0. The van der Waals surface area contributed by atoms with Gasteiger partial charge in [0.1, 0.15) is 6.26 Å². The number of aliphatic imine (C=N–C) groups is 1. The maximum atomic E-state index is 5.56. The summed E-state index contributed by atoms with van der Waals surface area (Å²) in [6.45, 7) is 2.70. The zero-order valence-corrected chi connectivity index (χ0v) is 19.6. The molecule has 0 spiro atoms. The Balaban J connectivity index is 0.00000392. The van der Waals surface area contributed by atoms with Gasteiger partial charge in [-0.05, 0) is 45.6 Å². The SMILES string of the molecule is CN=C(NCCCCCCCN(C)C)NCc1coc(-c2ccccc2)n1.I. The minimum atomic E-state index is 0. The van der Waals surface area contributed by atoms with E-state index in [-0.39, 0.29) is 24.0 Å². The van der Waals surface area contributed by atoms with Crippen LogP contribution < -0.4 is 10.6 Å². The van der Waals surface area contributed by atoms with E-state index in [9.17, 15) is 0 Å². The molecule has 0 atom stereocenters. The molecule has 1 aromatic heterocycles. The number of hydrogen-bond donors (Lipinski definition) is 2. The first-order chi connectivity index (χ1) is 13.2. The molecule has 0 saturated heterocycles. The summed E-state index contributed by atoms with van der Waals surface area (Å²) >= 11 is 0. The van der Waals surface area contributed by atoms with E-state index in [0.717, 1.165) is 30.2 Å². The van der Waals surface area contributed by atoms with E-state index in [0.29, 0.717) is 12.4 Å². The van der Waals surface area contributed by atoms with Crippen LogP contribution in [0.4, 0.5) is 0 Å². The van der Waals surface area contributed by atoms with Crippen molar-refractivity contribution in [3.05, 3.63) is 42.3 Å². The Kier molecular flexibility index (Phi) is 12.6. The molecule has 0 aliphatic carbocycles. The molecule has 0 bridgehead atoms. The fourth-order valence-electron chi connectivity index (χ4n) is 2.79. The van der Waals surface area contributed by atoms with Crippen LogP contribution in [0.3, 0.4) is 0 Å². The van der Waals surface area contributed by atoms with Gasteiger partial charge in [-0.2, -0.15) is 0 Å². The lowest BCUT2D eigenvalue weighted by Crippen LogP contribution is -2.37. The van der Waals surface area contributed by atoms with Crippen molar-refractivity contribution in [3.8, 4) is 11.5 Å². The lowest BCUT2D eigenvalue weighted by molar-refractivity contribution is 0.389. The van der Waals surface area contributed by atoms with Gasteiger partial charge in [-0.15, -0.1) is 24.0 Å². The minimum absolute atomic E-state index is 0. The van der Waals surface area contributed by atoms with Crippen molar-refractivity contribution in [2.24, 2.45) is 4.99 Å². The molecule has 2 rings (SSSR count). The van der Waals surface area contributed by atoms with Gasteiger partial charge in [-0.3, -0.25) is 4.99 Å². The molecule has 0 radical (unpaired) electrons. The molecule has 28 heavy (non-hydrogen) atoms. The molecule has 1 heterocycles. The number of guanidine groups is 1. The first-order valence-electron chi connectivity index (χ1n) is 9.78. The zero-order valence-electron chi connectivity index (χ0n) is 17.3. The number of oxazole rings is 1. The zero-order chi connectivity index (χ0) is 19.3. The quantitative estimate of drug-likeness (QED) is 0.211. The van der Waals surface area contributed by atoms with Crippen molar-refractivity contribution in [1.82, 2.24) is 20.5 Å². The van der Waals surface area contributed by atoms with Gasteiger partial charge >= 0.3 is 0 Å². The molecule has 7 heteroatoms. The summed E-state index contributed by atoms with van der Waals surface area (Å²) in [5.41, 5.74) is 1.84. The lowest BCUT2D eigenvalue weighted by Gasteiger charge is -2.11. The third-order valence-electron chi connectivity index (χ3n) is 4.31. The minimum Gasteiger partial charge on any atom is -0.444 e. The average molecular weight is 499 g/mol. The molecule has 6 nitrogen and oxygen atoms in total. The maximum Gasteiger partial charge on any atom is 0.226 e. The van der Waals surface area contributed by atoms with E-state index >= 15 is 0 Å². The van der Waals surface area contributed by atoms with Gasteiger partial charge in [-0.1, -0.05) is 37.5 Å². The second-order valence-electron chi connectivity index (χ2n) is 6.93. The average Bonchev–Trinajstić information content (AvgIpc) is 3.16. The molecular formula is C21H34IN5O. The highest BCUT2D eigenvalue weighted by atomic mass is 127. The summed E-state index contributed by atoms with van der Waals surface area (Å²) in [6.07, 6.45) is 7.98. The van der Waals surface area contributed by atoms with E-state index in [1.165, 1.54) is 32.2 Å². The molecule has 0 amide bonds. The molecule has 0 unspecified atom stereocenters. The molecule has 1 aromatic carbocycles. The number of aromatic nitrogens is 1. The van der Waals surface area contributed by atoms with Crippen LogP contribution in [0, 0.1) is 0 Å². The summed E-state index contributed by atoms with van der Waals surface area (Å²) < 4.78 is 5.56. The third kappa shape index (κ3) is 9.54. The van der Waals surface area contributed by atoms with Gasteiger partial charge in [-0.25, -0.2) is 4.98 Å². The summed E-state index contributed by atoms with van der Waals surface area (Å²) in [6, 6.07) is 9.92. The summed E-state index contributed by atoms with van der Waals surface area (Å²) in [5.74, 6) is 1.44. The molecule has 0 aliphatic heterocycles. The van der Waals surface area contributed by atoms with Gasteiger partial charge in [0.15, 0.2) is 5.96 Å². The van der Waals surface area contributed by atoms with Crippen molar-refractivity contribution >= 4 is 29.9 Å². The Morgan fingerprint density at radius 2 is 1.75 bits per heavy atom. The number of nitrogens with zero attached hydrogens (tertiary/aromatic N) is 3. The second kappa shape index (κ2) is 14.4. The normalized spacial score (nSPS) is 11.4. The molecular weight excluding hydrogens is 465 g/mol. The smallest absolute Gasteiger partial charge is 0.226 e. The van der Waals surface area contributed by atoms with Crippen LogP contribution in [0.25, 0.3) is 11.5 Å². The fraction of sp³-hybridized carbons (Fsp3) is 0.524. The van der Waals surface area contributed by atoms with Gasteiger partial charge < -0.3 is 20.0 Å². The van der Waals surface area contributed by atoms with Crippen molar-refractivity contribution in [3.63, 3.8) is 0 Å². The highest BCUT2D eigenvalue weighted by Crippen LogP contribution is 2.17. The molecule has 2 N–H and O–H groups in total. The lowest BCUT2D eigenvalue weighted by atomic mass is 10.1. The molecule has 156 valence electrons. The Bertz CT molecular complexity index is 672. The van der Waals surface area contributed by atoms with Crippen LogP contribution in [0.1, 0.15) is 37.8 Å². The van der Waals surface area contributed by atoms with Gasteiger partial charge in [0, 0.05) is 19.2 Å². The Hall–Kier alpha value is -1.61. The number of halogens is 1. The van der Waals surface area contributed by atoms with Crippen LogP contribution in [0.15, 0.2) is 46.0 Å². The van der Waals surface area contributed by atoms with Crippen LogP contribution in [0.5, 0.6) is 0 Å². The first kappa shape index (κ1) is 24.4. The number of rotatable bonds is 11.